The number of carbonyl (C=O) groups is 1. The van der Waals surface area contributed by atoms with E-state index in [1.165, 1.54) is 58.0 Å². The van der Waals surface area contributed by atoms with Crippen molar-refractivity contribution >= 4 is 22.8 Å². The van der Waals surface area contributed by atoms with Crippen molar-refractivity contribution in [1.29, 1.82) is 0 Å². The molecule has 0 unspecified atom stereocenters. The standard InChI is InChI=1S/C24H34N6O/c31-23(24-12-17-9-18(13-24)11-19(10-17)14-24)28-21-20-15-27-30(22(20)26-16-25-21)8-7-29-5-3-1-2-4-6-29/h15-19H,1-14H2,(H,25,26,28,31). The first-order valence-corrected chi connectivity index (χ1v) is 12.4. The maximum absolute atomic E-state index is 13.5. The minimum atomic E-state index is -0.172. The maximum Gasteiger partial charge on any atom is 0.231 e. The summed E-state index contributed by atoms with van der Waals surface area (Å²) in [6, 6.07) is 0. The number of rotatable bonds is 5. The fourth-order valence-corrected chi connectivity index (χ4v) is 7.38. The topological polar surface area (TPSA) is 75.9 Å². The van der Waals surface area contributed by atoms with Gasteiger partial charge in [0, 0.05) is 6.54 Å². The zero-order chi connectivity index (χ0) is 20.8. The number of anilines is 1. The Kier molecular flexibility index (Phi) is 4.97. The van der Waals surface area contributed by atoms with E-state index in [1.54, 1.807) is 6.33 Å². The predicted octanol–water partition coefficient (Wildman–Crippen LogP) is 3.86. The summed E-state index contributed by atoms with van der Waals surface area (Å²) in [5.41, 5.74) is 0.653. The van der Waals surface area contributed by atoms with E-state index < -0.39 is 0 Å². The lowest BCUT2D eigenvalue weighted by molar-refractivity contribution is -0.140. The molecule has 7 heteroatoms. The Hall–Kier alpha value is -2.02. The van der Waals surface area contributed by atoms with E-state index in [0.717, 1.165) is 61.1 Å². The minimum Gasteiger partial charge on any atom is -0.309 e. The normalized spacial score (nSPS) is 33.0. The Labute approximate surface area is 184 Å². The highest BCUT2D eigenvalue weighted by Crippen LogP contribution is 2.60. The summed E-state index contributed by atoms with van der Waals surface area (Å²) >= 11 is 0. The number of carbonyl (C=O) groups excluding carboxylic acids is 1. The molecular formula is C24H34N6O. The molecule has 7 nitrogen and oxygen atoms in total. The number of nitrogens with one attached hydrogen (secondary N) is 1. The summed E-state index contributed by atoms with van der Waals surface area (Å²) in [6.07, 6.45) is 15.9. The largest absolute Gasteiger partial charge is 0.309 e. The van der Waals surface area contributed by atoms with Crippen molar-refractivity contribution in [3.05, 3.63) is 12.5 Å². The van der Waals surface area contributed by atoms with E-state index in [0.29, 0.717) is 5.82 Å². The van der Waals surface area contributed by atoms with Crippen LogP contribution in [0.1, 0.15) is 64.2 Å². The van der Waals surface area contributed by atoms with Crippen molar-refractivity contribution in [2.75, 3.05) is 25.0 Å². The molecule has 1 amide bonds. The summed E-state index contributed by atoms with van der Waals surface area (Å²) in [6.45, 7) is 4.18. The monoisotopic (exact) mass is 422 g/mol. The second-order valence-corrected chi connectivity index (χ2v) is 10.7. The zero-order valence-electron chi connectivity index (χ0n) is 18.4. The lowest BCUT2D eigenvalue weighted by atomic mass is 9.49. The Morgan fingerprint density at radius 1 is 0.968 bits per heavy atom. The molecule has 5 aliphatic rings. The Morgan fingerprint density at radius 3 is 2.32 bits per heavy atom. The Bertz CT molecular complexity index is 925. The van der Waals surface area contributed by atoms with E-state index in [9.17, 15) is 4.79 Å². The smallest absolute Gasteiger partial charge is 0.231 e. The number of fused-ring (bicyclic) bond motifs is 1. The van der Waals surface area contributed by atoms with Crippen LogP contribution in [0.5, 0.6) is 0 Å². The molecule has 166 valence electrons. The first-order chi connectivity index (χ1) is 15.2. The highest BCUT2D eigenvalue weighted by atomic mass is 16.2. The molecule has 1 N–H and O–H groups in total. The molecular weight excluding hydrogens is 388 g/mol. The number of aromatic nitrogens is 4. The summed E-state index contributed by atoms with van der Waals surface area (Å²) in [7, 11) is 0. The third-order valence-electron chi connectivity index (χ3n) is 8.51. The highest BCUT2D eigenvalue weighted by molar-refractivity contribution is 6.01. The molecule has 4 bridgehead atoms. The molecule has 0 spiro atoms. The number of likely N-dealkylation sites (tertiary alicyclic amines) is 1. The molecule has 7 rings (SSSR count). The van der Waals surface area contributed by atoms with Gasteiger partial charge in [0.25, 0.3) is 0 Å². The molecule has 3 heterocycles. The van der Waals surface area contributed by atoms with Crippen LogP contribution in [0.15, 0.2) is 12.5 Å². The molecule has 2 aromatic rings. The van der Waals surface area contributed by atoms with Crippen molar-refractivity contribution in [1.82, 2.24) is 24.6 Å². The van der Waals surface area contributed by atoms with Crippen LogP contribution in [0.4, 0.5) is 5.82 Å². The lowest BCUT2D eigenvalue weighted by Gasteiger charge is -2.55. The fraction of sp³-hybridized carbons (Fsp3) is 0.750. The number of hydrogen-bond acceptors (Lipinski definition) is 5. The molecule has 4 aliphatic carbocycles. The van der Waals surface area contributed by atoms with Gasteiger partial charge >= 0.3 is 0 Å². The van der Waals surface area contributed by atoms with E-state index in [-0.39, 0.29) is 11.3 Å². The Balaban J connectivity index is 1.18. The number of nitrogens with zero attached hydrogens (tertiary/aromatic N) is 5. The summed E-state index contributed by atoms with van der Waals surface area (Å²) in [5, 5.41) is 8.67. The van der Waals surface area contributed by atoms with Gasteiger partial charge in [0.1, 0.15) is 12.1 Å². The molecule has 0 atom stereocenters. The quantitative estimate of drug-likeness (QED) is 0.792. The van der Waals surface area contributed by atoms with Gasteiger partial charge in [0.05, 0.1) is 23.5 Å². The molecule has 1 aliphatic heterocycles. The first kappa shape index (κ1) is 19.6. The van der Waals surface area contributed by atoms with Gasteiger partial charge in [0.15, 0.2) is 5.65 Å². The van der Waals surface area contributed by atoms with Gasteiger partial charge in [-0.05, 0) is 82.2 Å². The van der Waals surface area contributed by atoms with Crippen LogP contribution in [-0.4, -0.2) is 50.2 Å². The van der Waals surface area contributed by atoms with Crippen LogP contribution in [0, 0.1) is 23.2 Å². The van der Waals surface area contributed by atoms with Gasteiger partial charge < -0.3 is 10.2 Å². The molecule has 1 saturated heterocycles. The molecule has 5 fully saturated rings. The summed E-state index contributed by atoms with van der Waals surface area (Å²) < 4.78 is 1.97. The Morgan fingerprint density at radius 2 is 1.65 bits per heavy atom. The van der Waals surface area contributed by atoms with Gasteiger partial charge in [-0.25, -0.2) is 14.6 Å². The molecule has 0 aromatic carbocycles. The SMILES string of the molecule is O=C(Nc1ncnc2c1cnn2CCN1CCCCCC1)C12CC3CC(CC(C3)C1)C2. The van der Waals surface area contributed by atoms with Crippen LogP contribution in [-0.2, 0) is 11.3 Å². The molecule has 0 radical (unpaired) electrons. The molecule has 2 aromatic heterocycles. The van der Waals surface area contributed by atoms with Crippen LogP contribution in [0.25, 0.3) is 11.0 Å². The van der Waals surface area contributed by atoms with Gasteiger partial charge in [-0.1, -0.05) is 12.8 Å². The van der Waals surface area contributed by atoms with Crippen LogP contribution in [0.2, 0.25) is 0 Å². The van der Waals surface area contributed by atoms with Crippen LogP contribution in [0.3, 0.4) is 0 Å². The van der Waals surface area contributed by atoms with E-state index >= 15 is 0 Å². The van der Waals surface area contributed by atoms with Gasteiger partial charge in [-0.15, -0.1) is 0 Å². The van der Waals surface area contributed by atoms with Crippen molar-refractivity contribution in [2.45, 2.75) is 70.8 Å². The summed E-state index contributed by atoms with van der Waals surface area (Å²) in [5.74, 6) is 3.08. The first-order valence-electron chi connectivity index (χ1n) is 12.4. The fourth-order valence-electron chi connectivity index (χ4n) is 7.38. The van der Waals surface area contributed by atoms with Gasteiger partial charge in [-0.2, -0.15) is 5.10 Å². The van der Waals surface area contributed by atoms with E-state index in [1.807, 2.05) is 10.9 Å². The summed E-state index contributed by atoms with van der Waals surface area (Å²) in [4.78, 5) is 25.0. The van der Waals surface area contributed by atoms with Crippen molar-refractivity contribution < 1.29 is 4.79 Å². The second kappa shape index (κ2) is 7.84. The molecule has 31 heavy (non-hydrogen) atoms. The van der Waals surface area contributed by atoms with Crippen molar-refractivity contribution in [3.63, 3.8) is 0 Å². The number of amides is 1. The van der Waals surface area contributed by atoms with Crippen LogP contribution < -0.4 is 5.32 Å². The van der Waals surface area contributed by atoms with E-state index in [4.69, 9.17) is 0 Å². The third kappa shape index (κ3) is 3.65. The highest BCUT2D eigenvalue weighted by Gasteiger charge is 2.54. The van der Waals surface area contributed by atoms with Gasteiger partial charge in [-0.3, -0.25) is 4.79 Å². The molecule has 4 saturated carbocycles. The lowest BCUT2D eigenvalue weighted by Crippen LogP contribution is -2.51. The van der Waals surface area contributed by atoms with E-state index in [2.05, 4.69) is 25.3 Å². The third-order valence-corrected chi connectivity index (χ3v) is 8.51. The zero-order valence-corrected chi connectivity index (χ0v) is 18.4. The second-order valence-electron chi connectivity index (χ2n) is 10.7. The van der Waals surface area contributed by atoms with Crippen molar-refractivity contribution in [2.24, 2.45) is 23.2 Å². The average molecular weight is 423 g/mol. The predicted molar refractivity (Wildman–Crippen MR) is 119 cm³/mol. The maximum atomic E-state index is 13.5. The van der Waals surface area contributed by atoms with Crippen LogP contribution >= 0.6 is 0 Å². The van der Waals surface area contributed by atoms with Gasteiger partial charge in [0.2, 0.25) is 5.91 Å². The number of hydrogen-bond donors (Lipinski definition) is 1. The minimum absolute atomic E-state index is 0.172. The average Bonchev–Trinajstić information content (AvgIpc) is 2.99. The van der Waals surface area contributed by atoms with Crippen molar-refractivity contribution in [3.8, 4) is 0 Å².